The van der Waals surface area contributed by atoms with Crippen LogP contribution >= 0.6 is 0 Å². The number of imide groups is 1. The van der Waals surface area contributed by atoms with Crippen LogP contribution < -0.4 is 0 Å². The van der Waals surface area contributed by atoms with Crippen molar-refractivity contribution in [3.8, 4) is 11.5 Å². The van der Waals surface area contributed by atoms with E-state index in [1.165, 1.54) is 29.5 Å². The van der Waals surface area contributed by atoms with Crippen molar-refractivity contribution in [3.63, 3.8) is 0 Å². The van der Waals surface area contributed by atoms with E-state index in [2.05, 4.69) is 32.2 Å². The lowest BCUT2D eigenvalue weighted by Crippen LogP contribution is -2.60. The Morgan fingerprint density at radius 2 is 1.81 bits per heavy atom. The summed E-state index contributed by atoms with van der Waals surface area (Å²) in [6.45, 7) is 7.72. The molecule has 9 nitrogen and oxygen atoms in total. The van der Waals surface area contributed by atoms with Gasteiger partial charge < -0.3 is 14.1 Å². The average Bonchev–Trinajstić information content (AvgIpc) is 3.44. The third-order valence-electron chi connectivity index (χ3n) is 9.66. The van der Waals surface area contributed by atoms with Gasteiger partial charge in [-0.3, -0.25) is 19.5 Å². The predicted octanol–water partition coefficient (Wildman–Crippen LogP) is 4.89. The van der Waals surface area contributed by atoms with Crippen LogP contribution in [-0.4, -0.2) is 69.1 Å². The highest BCUT2D eigenvalue weighted by Crippen LogP contribution is 2.50. The minimum Gasteiger partial charge on any atom is -0.415 e. The number of alkyl halides is 2. The molecule has 0 bridgehead atoms. The summed E-state index contributed by atoms with van der Waals surface area (Å²) in [4.78, 5) is 35.4. The van der Waals surface area contributed by atoms with E-state index >= 15 is 0 Å². The van der Waals surface area contributed by atoms with E-state index in [1.54, 1.807) is 12.1 Å². The van der Waals surface area contributed by atoms with Gasteiger partial charge in [0.25, 0.3) is 11.8 Å². The molecular weight excluding hydrogens is 544 g/mol. The summed E-state index contributed by atoms with van der Waals surface area (Å²) in [5.74, 6) is -1.07. The van der Waals surface area contributed by atoms with E-state index in [4.69, 9.17) is 9.15 Å². The zero-order chi connectivity index (χ0) is 29.2. The zero-order valence-electron chi connectivity index (χ0n) is 23.7. The predicted molar refractivity (Wildman–Crippen MR) is 147 cm³/mol. The quantitative estimate of drug-likeness (QED) is 0.382. The van der Waals surface area contributed by atoms with Crippen LogP contribution in [0.2, 0.25) is 0 Å². The second-order valence-corrected chi connectivity index (χ2v) is 12.8. The molecule has 220 valence electrons. The van der Waals surface area contributed by atoms with Crippen LogP contribution in [0.25, 0.3) is 11.5 Å². The van der Waals surface area contributed by atoms with E-state index in [1.807, 2.05) is 19.9 Å². The molecule has 11 heteroatoms. The molecule has 3 aromatic rings. The standard InChI is InChI=1S/C31H33F2N5O4/c1-30(2)24-11-19(18-7-9-37(10-8-18)22-12-31(13-22)16-41-17-31)4-6-23(24)28(39)38(29(30)40)15-21-5-3-20(14-34-21)26-35-36-27(42-26)25(32)33/h3-6,11,14,18,22,25H,7-10,12-13,15-17H2,1-2H3. The number of piperidine rings is 1. The SMILES string of the molecule is CC1(C)C(=O)N(Cc2ccc(-c3nnc(C(F)F)o3)cn2)C(=O)c2ccc(C3CCN(C4CC5(COC5)C4)CC3)cc21. The van der Waals surface area contributed by atoms with E-state index in [9.17, 15) is 18.4 Å². The van der Waals surface area contributed by atoms with Gasteiger partial charge in [0, 0.05) is 23.2 Å². The van der Waals surface area contributed by atoms with Crippen LogP contribution in [0, 0.1) is 5.41 Å². The Kier molecular flexibility index (Phi) is 6.50. The highest BCUT2D eigenvalue weighted by Gasteiger charge is 2.51. The first-order valence-corrected chi connectivity index (χ1v) is 14.5. The molecule has 1 saturated carbocycles. The second kappa shape index (κ2) is 10.0. The number of aromatic nitrogens is 3. The van der Waals surface area contributed by atoms with Gasteiger partial charge in [-0.15, -0.1) is 10.2 Å². The molecule has 3 aliphatic heterocycles. The van der Waals surface area contributed by atoms with Gasteiger partial charge >= 0.3 is 6.43 Å². The van der Waals surface area contributed by atoms with E-state index in [0.717, 1.165) is 44.7 Å². The lowest BCUT2D eigenvalue weighted by Gasteiger charge is -2.57. The Morgan fingerprint density at radius 1 is 1.05 bits per heavy atom. The van der Waals surface area contributed by atoms with Crippen molar-refractivity contribution in [2.24, 2.45) is 5.41 Å². The number of pyridine rings is 1. The van der Waals surface area contributed by atoms with Crippen LogP contribution in [0.1, 0.15) is 84.9 Å². The average molecular weight is 578 g/mol. The number of hydrogen-bond donors (Lipinski definition) is 0. The molecule has 5 heterocycles. The summed E-state index contributed by atoms with van der Waals surface area (Å²) >= 11 is 0. The molecule has 3 fully saturated rings. The van der Waals surface area contributed by atoms with E-state index < -0.39 is 17.7 Å². The Hall–Kier alpha value is -3.57. The second-order valence-electron chi connectivity index (χ2n) is 12.8. The number of hydrogen-bond acceptors (Lipinski definition) is 8. The van der Waals surface area contributed by atoms with Crippen LogP contribution in [0.3, 0.4) is 0 Å². The Balaban J connectivity index is 1.04. The highest BCUT2D eigenvalue weighted by molar-refractivity contribution is 6.12. The molecular formula is C31H33F2N5O4. The third kappa shape index (κ3) is 4.53. The molecule has 2 aromatic heterocycles. The fourth-order valence-corrected chi connectivity index (χ4v) is 7.02. The molecule has 0 atom stereocenters. The smallest absolute Gasteiger partial charge is 0.314 e. The maximum absolute atomic E-state index is 13.7. The molecule has 1 aliphatic carbocycles. The van der Waals surface area contributed by atoms with Crippen molar-refractivity contribution in [1.82, 2.24) is 25.0 Å². The Bertz CT molecular complexity index is 1520. The molecule has 0 N–H and O–H groups in total. The first-order chi connectivity index (χ1) is 20.1. The van der Waals surface area contributed by atoms with Crippen molar-refractivity contribution in [3.05, 3.63) is 64.8 Å². The third-order valence-corrected chi connectivity index (χ3v) is 9.66. The van der Waals surface area contributed by atoms with Gasteiger partial charge in [-0.05, 0) is 87.9 Å². The molecule has 1 spiro atoms. The number of amides is 2. The first kappa shape index (κ1) is 27.3. The fraction of sp³-hybridized carbons (Fsp3) is 0.516. The number of carbonyl (C=O) groups excluding carboxylic acids is 2. The summed E-state index contributed by atoms with van der Waals surface area (Å²) in [6, 6.07) is 9.89. The van der Waals surface area contributed by atoms with Crippen molar-refractivity contribution < 1.29 is 27.5 Å². The van der Waals surface area contributed by atoms with E-state index in [-0.39, 0.29) is 24.2 Å². The van der Waals surface area contributed by atoms with Crippen molar-refractivity contribution in [1.29, 1.82) is 0 Å². The monoisotopic (exact) mass is 577 g/mol. The minimum absolute atomic E-state index is 0.0122. The molecule has 4 aliphatic rings. The first-order valence-electron chi connectivity index (χ1n) is 14.5. The van der Waals surface area contributed by atoms with Gasteiger partial charge in [0.1, 0.15) is 0 Å². The number of carbonyl (C=O) groups is 2. The number of fused-ring (bicyclic) bond motifs is 1. The van der Waals surface area contributed by atoms with Gasteiger partial charge in [0.2, 0.25) is 11.8 Å². The molecule has 1 aromatic carbocycles. The molecule has 42 heavy (non-hydrogen) atoms. The Morgan fingerprint density at radius 3 is 2.43 bits per heavy atom. The van der Waals surface area contributed by atoms with E-state index in [0.29, 0.717) is 34.2 Å². The summed E-state index contributed by atoms with van der Waals surface area (Å²) in [7, 11) is 0. The number of ether oxygens (including phenoxy) is 1. The fourth-order valence-electron chi connectivity index (χ4n) is 7.02. The van der Waals surface area contributed by atoms with Crippen LogP contribution in [0.15, 0.2) is 40.9 Å². The molecule has 0 radical (unpaired) electrons. The van der Waals surface area contributed by atoms with Crippen LogP contribution in [0.4, 0.5) is 8.78 Å². The molecule has 7 rings (SSSR count). The van der Waals surface area contributed by atoms with Crippen molar-refractivity contribution in [2.75, 3.05) is 26.3 Å². The molecule has 2 saturated heterocycles. The summed E-state index contributed by atoms with van der Waals surface area (Å²) < 4.78 is 36.0. The maximum Gasteiger partial charge on any atom is 0.314 e. The summed E-state index contributed by atoms with van der Waals surface area (Å²) in [5, 5.41) is 6.96. The zero-order valence-corrected chi connectivity index (χ0v) is 23.7. The van der Waals surface area contributed by atoms with Gasteiger partial charge in [0.05, 0.1) is 36.4 Å². The van der Waals surface area contributed by atoms with Crippen molar-refractivity contribution in [2.45, 2.75) is 69.9 Å². The summed E-state index contributed by atoms with van der Waals surface area (Å²) in [5.41, 5.74) is 2.92. The maximum atomic E-state index is 13.7. The lowest BCUT2D eigenvalue weighted by molar-refractivity contribution is -0.185. The van der Waals surface area contributed by atoms with Gasteiger partial charge in [-0.25, -0.2) is 0 Å². The van der Waals surface area contributed by atoms with Crippen molar-refractivity contribution >= 4 is 11.8 Å². The minimum atomic E-state index is -2.86. The lowest BCUT2D eigenvalue weighted by atomic mass is 9.63. The molecule has 2 amide bonds. The number of halogens is 2. The molecule has 0 unspecified atom stereocenters. The summed E-state index contributed by atoms with van der Waals surface area (Å²) in [6.07, 6.45) is 3.19. The number of nitrogens with zero attached hydrogens (tertiary/aromatic N) is 5. The topological polar surface area (TPSA) is 102 Å². The normalized spacial score (nSPS) is 22.4. The van der Waals surface area contributed by atoms with Gasteiger partial charge in [-0.2, -0.15) is 8.78 Å². The largest absolute Gasteiger partial charge is 0.415 e. The van der Waals surface area contributed by atoms with Crippen LogP contribution in [-0.2, 0) is 21.5 Å². The van der Waals surface area contributed by atoms with Gasteiger partial charge in [0.15, 0.2) is 0 Å². The highest BCUT2D eigenvalue weighted by atomic mass is 19.3. The number of likely N-dealkylation sites (tertiary alicyclic amines) is 1. The number of benzene rings is 1. The number of rotatable bonds is 6. The van der Waals surface area contributed by atoms with Gasteiger partial charge in [-0.1, -0.05) is 12.1 Å². The Labute approximate surface area is 242 Å². The van der Waals surface area contributed by atoms with Crippen LogP contribution in [0.5, 0.6) is 0 Å².